The second kappa shape index (κ2) is 22.6. The highest BCUT2D eigenvalue weighted by molar-refractivity contribution is 5.48. The molecule has 0 bridgehead atoms. The van der Waals surface area contributed by atoms with Gasteiger partial charge in [0.1, 0.15) is 6.29 Å². The zero-order valence-corrected chi connectivity index (χ0v) is 4.69. The molecule has 0 N–H and O–H groups in total. The Labute approximate surface area is 39.4 Å². The monoisotopic (exact) mass is 88.1 g/mol. The van der Waals surface area contributed by atoms with Crippen LogP contribution in [0.5, 0.6) is 0 Å². The Morgan fingerprint density at radius 1 is 1.50 bits per heavy atom. The van der Waals surface area contributed by atoms with E-state index in [1.54, 1.807) is 0 Å². The van der Waals surface area contributed by atoms with E-state index in [0.717, 1.165) is 6.29 Å². The molecule has 0 aromatic carbocycles. The molecule has 6 heavy (non-hydrogen) atoms. The number of hydrogen-bond donors (Lipinski definition) is 0. The van der Waals surface area contributed by atoms with Crippen LogP contribution in [0.4, 0.5) is 0 Å². The van der Waals surface area contributed by atoms with E-state index < -0.39 is 0 Å². The minimum absolute atomic E-state index is 0.639. The van der Waals surface area contributed by atoms with E-state index in [4.69, 9.17) is 0 Å². The second-order valence-corrected chi connectivity index (χ2v) is 0.575. The number of hydrogen-bond acceptors (Lipinski definition) is 1. The molecule has 0 atom stereocenters. The molecule has 0 heterocycles. The molecule has 1 heteroatoms. The van der Waals surface area contributed by atoms with Gasteiger partial charge in [0.25, 0.3) is 0 Å². The highest BCUT2D eigenvalue weighted by Gasteiger charge is 1.52. The number of rotatable bonds is 1. The SMILES string of the molecule is CC.CCC=O. The van der Waals surface area contributed by atoms with E-state index in [0.29, 0.717) is 6.42 Å². The Balaban J connectivity index is 0. The summed E-state index contributed by atoms with van der Waals surface area (Å²) >= 11 is 0. The number of carbonyl (C=O) groups is 1. The molecule has 0 aliphatic heterocycles. The van der Waals surface area contributed by atoms with E-state index >= 15 is 0 Å². The molecule has 0 aliphatic carbocycles. The Hall–Kier alpha value is -0.330. The van der Waals surface area contributed by atoms with Gasteiger partial charge in [-0.2, -0.15) is 0 Å². The summed E-state index contributed by atoms with van der Waals surface area (Å²) in [6.07, 6.45) is 1.51. The van der Waals surface area contributed by atoms with Crippen molar-refractivity contribution in [1.29, 1.82) is 0 Å². The van der Waals surface area contributed by atoms with Gasteiger partial charge >= 0.3 is 0 Å². The summed E-state index contributed by atoms with van der Waals surface area (Å²) in [6, 6.07) is 0. The summed E-state index contributed by atoms with van der Waals surface area (Å²) in [5.74, 6) is 0. The molecule has 0 amide bonds. The Kier molecular flexibility index (Phi) is 34.5. The average Bonchev–Trinajstić information content (AvgIpc) is 1.72. The van der Waals surface area contributed by atoms with Gasteiger partial charge in [-0.1, -0.05) is 20.8 Å². The lowest BCUT2D eigenvalue weighted by Gasteiger charge is -1.51. The Morgan fingerprint density at radius 3 is 1.67 bits per heavy atom. The van der Waals surface area contributed by atoms with E-state index in [1.807, 2.05) is 20.8 Å². The first-order valence-corrected chi connectivity index (χ1v) is 2.35. The molecular weight excluding hydrogens is 76.1 g/mol. The molecule has 0 aromatic heterocycles. The molecule has 0 rings (SSSR count). The van der Waals surface area contributed by atoms with Crippen LogP contribution in [0, 0.1) is 0 Å². The quantitative estimate of drug-likeness (QED) is 0.445. The summed E-state index contributed by atoms with van der Waals surface area (Å²) in [4.78, 5) is 9.17. The van der Waals surface area contributed by atoms with Crippen LogP contribution >= 0.6 is 0 Å². The van der Waals surface area contributed by atoms with Gasteiger partial charge in [0.15, 0.2) is 0 Å². The van der Waals surface area contributed by atoms with Crippen molar-refractivity contribution in [3.63, 3.8) is 0 Å². The van der Waals surface area contributed by atoms with Crippen molar-refractivity contribution in [2.45, 2.75) is 27.2 Å². The van der Waals surface area contributed by atoms with E-state index in [2.05, 4.69) is 0 Å². The van der Waals surface area contributed by atoms with Crippen LogP contribution in [-0.4, -0.2) is 6.29 Å². The Bertz CT molecular complexity index is 17.9. The summed E-state index contributed by atoms with van der Waals surface area (Å²) in [5, 5.41) is 0. The second-order valence-electron chi connectivity index (χ2n) is 0.575. The fourth-order valence-corrected chi connectivity index (χ4v) is 0. The maximum Gasteiger partial charge on any atom is 0.119 e. The first kappa shape index (κ1) is 9.18. The third-order valence-corrected chi connectivity index (χ3v) is 0.167. The highest BCUT2D eigenvalue weighted by Crippen LogP contribution is 1.53. The first-order valence-electron chi connectivity index (χ1n) is 2.35. The molecule has 0 spiro atoms. The van der Waals surface area contributed by atoms with Crippen molar-refractivity contribution in [2.75, 3.05) is 0 Å². The lowest BCUT2D eigenvalue weighted by Crippen LogP contribution is -1.55. The minimum atomic E-state index is 0.639. The van der Waals surface area contributed by atoms with Crippen molar-refractivity contribution < 1.29 is 4.79 Å². The Morgan fingerprint density at radius 2 is 1.67 bits per heavy atom. The summed E-state index contributed by atoms with van der Waals surface area (Å²) < 4.78 is 0. The van der Waals surface area contributed by atoms with Gasteiger partial charge in [-0.25, -0.2) is 0 Å². The molecule has 1 nitrogen and oxygen atoms in total. The van der Waals surface area contributed by atoms with Crippen LogP contribution < -0.4 is 0 Å². The lowest BCUT2D eigenvalue weighted by molar-refractivity contribution is -0.107. The van der Waals surface area contributed by atoms with Crippen LogP contribution in [0.1, 0.15) is 27.2 Å². The van der Waals surface area contributed by atoms with Crippen LogP contribution in [0.2, 0.25) is 0 Å². The van der Waals surface area contributed by atoms with Gasteiger partial charge in [-0.15, -0.1) is 0 Å². The van der Waals surface area contributed by atoms with Gasteiger partial charge in [0.05, 0.1) is 0 Å². The lowest BCUT2D eigenvalue weighted by atomic mass is 10.6. The smallest absolute Gasteiger partial charge is 0.119 e. The van der Waals surface area contributed by atoms with Crippen LogP contribution in [-0.2, 0) is 4.79 Å². The largest absolute Gasteiger partial charge is 0.303 e. The maximum atomic E-state index is 9.17. The average molecular weight is 88.1 g/mol. The van der Waals surface area contributed by atoms with Crippen molar-refractivity contribution in [3.8, 4) is 0 Å². The van der Waals surface area contributed by atoms with Gasteiger partial charge in [0, 0.05) is 6.42 Å². The van der Waals surface area contributed by atoms with E-state index in [1.165, 1.54) is 0 Å². The predicted molar refractivity (Wildman–Crippen MR) is 27.7 cm³/mol. The van der Waals surface area contributed by atoms with Gasteiger partial charge < -0.3 is 4.79 Å². The van der Waals surface area contributed by atoms with Crippen molar-refractivity contribution in [1.82, 2.24) is 0 Å². The van der Waals surface area contributed by atoms with Gasteiger partial charge in [0.2, 0.25) is 0 Å². The fraction of sp³-hybridized carbons (Fsp3) is 0.800. The summed E-state index contributed by atoms with van der Waals surface area (Å²) in [5.41, 5.74) is 0. The summed E-state index contributed by atoms with van der Waals surface area (Å²) in [6.45, 7) is 5.81. The number of aldehydes is 1. The minimum Gasteiger partial charge on any atom is -0.303 e. The van der Waals surface area contributed by atoms with Crippen molar-refractivity contribution in [3.05, 3.63) is 0 Å². The normalized spacial score (nSPS) is 5.17. The van der Waals surface area contributed by atoms with Gasteiger partial charge in [-0.05, 0) is 0 Å². The van der Waals surface area contributed by atoms with E-state index in [9.17, 15) is 4.79 Å². The van der Waals surface area contributed by atoms with Crippen molar-refractivity contribution in [2.24, 2.45) is 0 Å². The maximum absolute atomic E-state index is 9.17. The molecule has 0 radical (unpaired) electrons. The van der Waals surface area contributed by atoms with Crippen LogP contribution in [0.3, 0.4) is 0 Å². The molecule has 0 saturated carbocycles. The first-order chi connectivity index (χ1) is 2.91. The van der Waals surface area contributed by atoms with E-state index in [-0.39, 0.29) is 0 Å². The topological polar surface area (TPSA) is 17.1 Å². The molecule has 0 fully saturated rings. The van der Waals surface area contributed by atoms with Crippen molar-refractivity contribution >= 4 is 6.29 Å². The molecular formula is C5H12O. The third kappa shape index (κ3) is 58.3. The number of carbonyl (C=O) groups excluding carboxylic acids is 1. The zero-order valence-electron chi connectivity index (χ0n) is 4.69. The van der Waals surface area contributed by atoms with Crippen LogP contribution in [0.15, 0.2) is 0 Å². The molecule has 0 aromatic rings. The molecule has 0 unspecified atom stereocenters. The molecule has 0 saturated heterocycles. The molecule has 0 aliphatic rings. The van der Waals surface area contributed by atoms with Crippen LogP contribution in [0.25, 0.3) is 0 Å². The third-order valence-electron chi connectivity index (χ3n) is 0.167. The van der Waals surface area contributed by atoms with Gasteiger partial charge in [-0.3, -0.25) is 0 Å². The predicted octanol–water partition coefficient (Wildman–Crippen LogP) is 1.62. The highest BCUT2D eigenvalue weighted by atomic mass is 16.1. The fourth-order valence-electron chi connectivity index (χ4n) is 0. The molecule has 38 valence electrons. The zero-order chi connectivity index (χ0) is 5.41. The summed E-state index contributed by atoms with van der Waals surface area (Å²) in [7, 11) is 0. The standard InChI is InChI=1S/C3H6O.C2H6/c1-2-3-4;1-2/h3H,2H2,1H3;1-2H3.